The van der Waals surface area contributed by atoms with Crippen LogP contribution in [-0.2, 0) is 4.79 Å². The third-order valence-electron chi connectivity index (χ3n) is 1.91. The molecular formula is C11H11NO4. The average Bonchev–Trinajstić information content (AvgIpc) is 2.28. The van der Waals surface area contributed by atoms with E-state index in [-0.39, 0.29) is 18.9 Å². The van der Waals surface area contributed by atoms with Gasteiger partial charge in [-0.05, 0) is 12.1 Å². The van der Waals surface area contributed by atoms with E-state index in [4.69, 9.17) is 5.11 Å². The molecule has 1 amide bonds. The number of hydrogen-bond acceptors (Lipinski definition) is 3. The molecule has 84 valence electrons. The SMILES string of the molecule is O=Cc1cccc(C(=O)NCCC(=O)O)c1. The molecule has 0 aliphatic carbocycles. The summed E-state index contributed by atoms with van der Waals surface area (Å²) in [4.78, 5) is 32.2. The Morgan fingerprint density at radius 2 is 2.12 bits per heavy atom. The molecule has 16 heavy (non-hydrogen) atoms. The monoisotopic (exact) mass is 221 g/mol. The molecule has 0 atom stereocenters. The Bertz CT molecular complexity index is 414. The molecule has 0 aliphatic heterocycles. The fourth-order valence-electron chi connectivity index (χ4n) is 1.14. The van der Waals surface area contributed by atoms with Crippen molar-refractivity contribution >= 4 is 18.2 Å². The zero-order valence-electron chi connectivity index (χ0n) is 8.47. The van der Waals surface area contributed by atoms with Crippen LogP contribution in [0.25, 0.3) is 0 Å². The van der Waals surface area contributed by atoms with Crippen molar-refractivity contribution in [3.8, 4) is 0 Å². The van der Waals surface area contributed by atoms with Crippen molar-refractivity contribution in [3.63, 3.8) is 0 Å². The van der Waals surface area contributed by atoms with Gasteiger partial charge in [0.2, 0.25) is 0 Å². The van der Waals surface area contributed by atoms with E-state index in [1.807, 2.05) is 0 Å². The predicted molar refractivity (Wildman–Crippen MR) is 56.4 cm³/mol. The van der Waals surface area contributed by atoms with Crippen LogP contribution >= 0.6 is 0 Å². The minimum Gasteiger partial charge on any atom is -0.481 e. The summed E-state index contributed by atoms with van der Waals surface area (Å²) in [7, 11) is 0. The number of aliphatic carboxylic acids is 1. The number of hydrogen-bond donors (Lipinski definition) is 2. The van der Waals surface area contributed by atoms with Crippen molar-refractivity contribution < 1.29 is 19.5 Å². The van der Waals surface area contributed by atoms with Gasteiger partial charge < -0.3 is 10.4 Å². The highest BCUT2D eigenvalue weighted by atomic mass is 16.4. The molecule has 0 aliphatic rings. The predicted octanol–water partition coefficient (Wildman–Crippen LogP) is 0.704. The molecule has 0 radical (unpaired) electrons. The molecule has 0 saturated carbocycles. The molecule has 0 spiro atoms. The van der Waals surface area contributed by atoms with Crippen molar-refractivity contribution in [2.45, 2.75) is 6.42 Å². The van der Waals surface area contributed by atoms with E-state index in [1.165, 1.54) is 6.07 Å². The van der Waals surface area contributed by atoms with E-state index in [2.05, 4.69) is 5.32 Å². The van der Waals surface area contributed by atoms with Gasteiger partial charge in [0.1, 0.15) is 6.29 Å². The van der Waals surface area contributed by atoms with Crippen LogP contribution in [-0.4, -0.2) is 29.8 Å². The quantitative estimate of drug-likeness (QED) is 0.717. The van der Waals surface area contributed by atoms with Crippen LogP contribution in [0.5, 0.6) is 0 Å². The molecule has 5 heteroatoms. The second kappa shape index (κ2) is 5.65. The van der Waals surface area contributed by atoms with E-state index >= 15 is 0 Å². The Labute approximate surface area is 92.1 Å². The van der Waals surface area contributed by atoms with Crippen molar-refractivity contribution in [1.82, 2.24) is 5.32 Å². The number of amides is 1. The molecule has 0 saturated heterocycles. The molecule has 1 rings (SSSR count). The van der Waals surface area contributed by atoms with Crippen LogP contribution in [0.3, 0.4) is 0 Å². The van der Waals surface area contributed by atoms with Gasteiger partial charge in [0, 0.05) is 17.7 Å². The Morgan fingerprint density at radius 3 is 2.75 bits per heavy atom. The topological polar surface area (TPSA) is 83.5 Å². The first kappa shape index (κ1) is 11.9. The fraction of sp³-hybridized carbons (Fsp3) is 0.182. The number of aldehydes is 1. The summed E-state index contributed by atoms with van der Waals surface area (Å²) in [6, 6.07) is 6.18. The lowest BCUT2D eigenvalue weighted by atomic mass is 10.1. The van der Waals surface area contributed by atoms with Gasteiger partial charge in [-0.15, -0.1) is 0 Å². The Kier molecular flexibility index (Phi) is 4.20. The normalized spacial score (nSPS) is 9.50. The molecule has 5 nitrogen and oxygen atoms in total. The van der Waals surface area contributed by atoms with Crippen LogP contribution < -0.4 is 5.32 Å². The lowest BCUT2D eigenvalue weighted by Gasteiger charge is -2.03. The number of carboxylic acid groups (broad SMARTS) is 1. The van der Waals surface area contributed by atoms with Gasteiger partial charge in [0.05, 0.1) is 6.42 Å². The molecule has 2 N–H and O–H groups in total. The van der Waals surface area contributed by atoms with Gasteiger partial charge in [0.25, 0.3) is 5.91 Å². The third kappa shape index (κ3) is 3.53. The maximum absolute atomic E-state index is 11.5. The summed E-state index contributed by atoms with van der Waals surface area (Å²) in [5.74, 6) is -1.35. The average molecular weight is 221 g/mol. The third-order valence-corrected chi connectivity index (χ3v) is 1.91. The smallest absolute Gasteiger partial charge is 0.305 e. The highest BCUT2D eigenvalue weighted by Crippen LogP contribution is 2.02. The lowest BCUT2D eigenvalue weighted by Crippen LogP contribution is -2.26. The zero-order valence-corrected chi connectivity index (χ0v) is 8.47. The lowest BCUT2D eigenvalue weighted by molar-refractivity contribution is -0.136. The summed E-state index contributed by atoms with van der Waals surface area (Å²) in [5.41, 5.74) is 0.751. The van der Waals surface area contributed by atoms with Gasteiger partial charge in [0.15, 0.2) is 0 Å². The van der Waals surface area contributed by atoms with Crippen LogP contribution in [0.1, 0.15) is 27.1 Å². The number of rotatable bonds is 5. The Hall–Kier alpha value is -2.17. The fourth-order valence-corrected chi connectivity index (χ4v) is 1.14. The van der Waals surface area contributed by atoms with Crippen molar-refractivity contribution in [3.05, 3.63) is 35.4 Å². The molecule has 1 aromatic rings. The van der Waals surface area contributed by atoms with E-state index in [0.717, 1.165) is 0 Å². The van der Waals surface area contributed by atoms with Crippen molar-refractivity contribution in [2.24, 2.45) is 0 Å². The minimum absolute atomic E-state index is 0.0689. The zero-order chi connectivity index (χ0) is 12.0. The summed E-state index contributed by atoms with van der Waals surface area (Å²) < 4.78 is 0. The number of carbonyl (C=O) groups is 3. The standard InChI is InChI=1S/C11H11NO4/c13-7-8-2-1-3-9(6-8)11(16)12-5-4-10(14)15/h1-3,6-7H,4-5H2,(H,12,16)(H,14,15). The summed E-state index contributed by atoms with van der Waals surface area (Å²) in [5, 5.41) is 10.8. The largest absolute Gasteiger partial charge is 0.481 e. The van der Waals surface area contributed by atoms with Gasteiger partial charge in [-0.25, -0.2) is 0 Å². The van der Waals surface area contributed by atoms with Crippen LogP contribution in [0, 0.1) is 0 Å². The first-order valence-corrected chi connectivity index (χ1v) is 4.68. The number of nitrogens with one attached hydrogen (secondary N) is 1. The summed E-state index contributed by atoms with van der Waals surface area (Å²) >= 11 is 0. The van der Waals surface area contributed by atoms with Crippen molar-refractivity contribution in [1.29, 1.82) is 0 Å². The first-order valence-electron chi connectivity index (χ1n) is 4.68. The van der Waals surface area contributed by atoms with Gasteiger partial charge >= 0.3 is 5.97 Å². The summed E-state index contributed by atoms with van der Waals surface area (Å²) in [6.45, 7) is 0.0689. The Balaban J connectivity index is 2.58. The minimum atomic E-state index is -0.970. The summed E-state index contributed by atoms with van der Waals surface area (Å²) in [6.07, 6.45) is 0.521. The number of carbonyl (C=O) groups excluding carboxylic acids is 2. The van der Waals surface area contributed by atoms with Gasteiger partial charge in [-0.2, -0.15) is 0 Å². The maximum Gasteiger partial charge on any atom is 0.305 e. The highest BCUT2D eigenvalue weighted by molar-refractivity contribution is 5.95. The van der Waals surface area contributed by atoms with E-state index in [9.17, 15) is 14.4 Å². The highest BCUT2D eigenvalue weighted by Gasteiger charge is 2.06. The van der Waals surface area contributed by atoms with E-state index < -0.39 is 5.97 Å². The van der Waals surface area contributed by atoms with Crippen LogP contribution in [0.4, 0.5) is 0 Å². The van der Waals surface area contributed by atoms with Crippen LogP contribution in [0.15, 0.2) is 24.3 Å². The second-order valence-electron chi connectivity index (χ2n) is 3.14. The molecular weight excluding hydrogens is 210 g/mol. The van der Waals surface area contributed by atoms with Gasteiger partial charge in [-0.3, -0.25) is 14.4 Å². The molecule has 0 heterocycles. The molecule has 1 aromatic carbocycles. The molecule has 0 aromatic heterocycles. The van der Waals surface area contributed by atoms with E-state index in [0.29, 0.717) is 17.4 Å². The Morgan fingerprint density at radius 1 is 1.38 bits per heavy atom. The molecule has 0 unspecified atom stereocenters. The first-order chi connectivity index (χ1) is 7.63. The van der Waals surface area contributed by atoms with Crippen LogP contribution in [0.2, 0.25) is 0 Å². The number of benzene rings is 1. The second-order valence-corrected chi connectivity index (χ2v) is 3.14. The van der Waals surface area contributed by atoms with Crippen molar-refractivity contribution in [2.75, 3.05) is 6.54 Å². The van der Waals surface area contributed by atoms with E-state index in [1.54, 1.807) is 18.2 Å². The number of carboxylic acids is 1. The maximum atomic E-state index is 11.5. The van der Waals surface area contributed by atoms with Gasteiger partial charge in [-0.1, -0.05) is 12.1 Å². The molecule has 0 fully saturated rings. The molecule has 0 bridgehead atoms.